The number of carbonyl (C=O) groups excluding carboxylic acids is 1. The van der Waals surface area contributed by atoms with Crippen molar-refractivity contribution < 1.29 is 55.5 Å². The monoisotopic (exact) mass is 629 g/mol. The Balaban J connectivity index is -0.0000000340. The van der Waals surface area contributed by atoms with E-state index in [0.29, 0.717) is 6.61 Å². The zero-order valence-electron chi connectivity index (χ0n) is 31.2. The van der Waals surface area contributed by atoms with Crippen LogP contribution in [-0.2, 0) is 9.53 Å². The van der Waals surface area contributed by atoms with Crippen molar-refractivity contribution in [3.8, 4) is 0 Å². The summed E-state index contributed by atoms with van der Waals surface area (Å²) in [5, 5.41) is 72.5. The van der Waals surface area contributed by atoms with Gasteiger partial charge in [0.05, 0.1) is 6.61 Å². The molecule has 0 aromatic rings. The average molecular weight is 629 g/mol. The first-order chi connectivity index (χ1) is 18.4. The van der Waals surface area contributed by atoms with Crippen molar-refractivity contribution in [1.29, 1.82) is 0 Å². The normalized spacial score (nSPS) is 8.81. The molecule has 0 aliphatic rings. The highest BCUT2D eigenvalue weighted by Crippen LogP contribution is 1.70. The summed E-state index contributed by atoms with van der Waals surface area (Å²) >= 11 is 0. The van der Waals surface area contributed by atoms with Crippen molar-refractivity contribution in [2.75, 3.05) is 6.61 Å². The van der Waals surface area contributed by atoms with Crippen LogP contribution in [0.4, 0.5) is 0 Å². The van der Waals surface area contributed by atoms with Crippen molar-refractivity contribution in [3.05, 3.63) is 0 Å². The highest BCUT2D eigenvalue weighted by atomic mass is 16.5. The molecule has 270 valence electrons. The lowest BCUT2D eigenvalue weighted by Crippen LogP contribution is -1.95. The quantitative estimate of drug-likeness (QED) is 0.189. The standard InChI is InChI=1S/C4H8O2.9C3H8O/c1-3-6-4(2)5;9*1-3(2)4/h3H2,1-2H3;9*3-4H,1-2H3. The predicted octanol–water partition coefficient (Wildman–Crippen LogP) is 4.05. The molecule has 0 rings (SSSR count). The number of carbonyl (C=O) groups is 1. The van der Waals surface area contributed by atoms with E-state index in [0.717, 1.165) is 0 Å². The second-order valence-corrected chi connectivity index (χ2v) is 10.8. The Morgan fingerprint density at radius 2 is 0.452 bits per heavy atom. The minimum absolute atomic E-state index is 0.167. The van der Waals surface area contributed by atoms with E-state index in [1.54, 1.807) is 132 Å². The van der Waals surface area contributed by atoms with Gasteiger partial charge in [0.2, 0.25) is 0 Å². The zero-order valence-corrected chi connectivity index (χ0v) is 31.2. The van der Waals surface area contributed by atoms with Crippen LogP contribution in [0.5, 0.6) is 0 Å². The number of aliphatic hydroxyl groups excluding tert-OH is 9. The molecule has 0 unspecified atom stereocenters. The minimum Gasteiger partial charge on any atom is -0.466 e. The van der Waals surface area contributed by atoms with Crippen molar-refractivity contribution in [2.45, 2.75) is 193 Å². The molecule has 42 heavy (non-hydrogen) atoms. The molecule has 0 saturated heterocycles. The number of aliphatic hydroxyl groups is 9. The fraction of sp³-hybridized carbons (Fsp3) is 0.968. The van der Waals surface area contributed by atoms with Crippen LogP contribution in [0.15, 0.2) is 0 Å². The summed E-state index contributed by atoms with van der Waals surface area (Å²) in [6, 6.07) is 0. The largest absolute Gasteiger partial charge is 0.466 e. The van der Waals surface area contributed by atoms with Gasteiger partial charge in [-0.1, -0.05) is 0 Å². The first-order valence-electron chi connectivity index (χ1n) is 14.6. The summed E-state index contributed by atoms with van der Waals surface area (Å²) < 4.78 is 4.40. The van der Waals surface area contributed by atoms with Gasteiger partial charge in [-0.3, -0.25) is 4.79 Å². The van der Waals surface area contributed by atoms with Gasteiger partial charge in [-0.05, 0) is 132 Å². The fourth-order valence-corrected chi connectivity index (χ4v) is 0.203. The average Bonchev–Trinajstić information content (AvgIpc) is 2.56. The molecule has 0 spiro atoms. The molecule has 0 aromatic carbocycles. The lowest BCUT2D eigenvalue weighted by atomic mass is 10.5. The molecule has 0 aliphatic carbocycles. The maximum Gasteiger partial charge on any atom is 0.302 e. The van der Waals surface area contributed by atoms with E-state index in [2.05, 4.69) is 4.74 Å². The van der Waals surface area contributed by atoms with Gasteiger partial charge in [0, 0.05) is 61.9 Å². The highest BCUT2D eigenvalue weighted by molar-refractivity contribution is 5.65. The van der Waals surface area contributed by atoms with E-state index in [4.69, 9.17) is 46.0 Å². The van der Waals surface area contributed by atoms with Crippen LogP contribution in [-0.4, -0.2) is 113 Å². The fourth-order valence-electron chi connectivity index (χ4n) is 0.203. The lowest BCUT2D eigenvalue weighted by Gasteiger charge is -1.89. The molecule has 0 atom stereocenters. The molecule has 0 fully saturated rings. The summed E-state index contributed by atoms with van der Waals surface area (Å²) in [6.45, 7) is 34.7. The van der Waals surface area contributed by atoms with Gasteiger partial charge >= 0.3 is 5.97 Å². The Kier molecular flexibility index (Phi) is 103. The molecule has 11 nitrogen and oxygen atoms in total. The van der Waals surface area contributed by atoms with Crippen molar-refractivity contribution in [3.63, 3.8) is 0 Å². The summed E-state index contributed by atoms with van der Waals surface area (Å²) in [4.78, 5) is 9.82. The van der Waals surface area contributed by atoms with Crippen molar-refractivity contribution in [2.24, 2.45) is 0 Å². The SMILES string of the molecule is CC(C)O.CC(C)O.CC(C)O.CC(C)O.CC(C)O.CC(C)O.CC(C)O.CC(C)O.CC(C)O.CCOC(C)=O. The number of hydrogen-bond donors (Lipinski definition) is 9. The molecule has 0 radical (unpaired) electrons. The Hall–Kier alpha value is -0.890. The summed E-state index contributed by atoms with van der Waals surface area (Å²) in [5.41, 5.74) is 0. The first-order valence-corrected chi connectivity index (χ1v) is 14.6. The van der Waals surface area contributed by atoms with E-state index in [-0.39, 0.29) is 60.9 Å². The third-order valence-corrected chi connectivity index (χ3v) is 0.348. The highest BCUT2D eigenvalue weighted by Gasteiger charge is 1.81. The van der Waals surface area contributed by atoms with Gasteiger partial charge in [0.1, 0.15) is 0 Å². The van der Waals surface area contributed by atoms with Gasteiger partial charge in [-0.2, -0.15) is 0 Å². The Bertz CT molecular complexity index is 262. The lowest BCUT2D eigenvalue weighted by molar-refractivity contribution is -0.140. The molecule has 0 bridgehead atoms. The zero-order chi connectivity index (χ0) is 37.2. The second kappa shape index (κ2) is 63.4. The van der Waals surface area contributed by atoms with Crippen molar-refractivity contribution in [1.82, 2.24) is 0 Å². The van der Waals surface area contributed by atoms with Gasteiger partial charge in [0.15, 0.2) is 0 Å². The second-order valence-electron chi connectivity index (χ2n) is 10.8. The van der Waals surface area contributed by atoms with E-state index in [1.165, 1.54) is 6.92 Å². The summed E-state index contributed by atoms with van der Waals surface area (Å²) in [7, 11) is 0. The Morgan fingerprint density at radius 1 is 0.381 bits per heavy atom. The van der Waals surface area contributed by atoms with Gasteiger partial charge in [0.25, 0.3) is 0 Å². The molecular weight excluding hydrogens is 548 g/mol. The van der Waals surface area contributed by atoms with E-state index < -0.39 is 0 Å². The third kappa shape index (κ3) is 12800. The van der Waals surface area contributed by atoms with Crippen LogP contribution in [0.2, 0.25) is 0 Å². The molecule has 0 aliphatic heterocycles. The van der Waals surface area contributed by atoms with E-state index in [1.807, 2.05) is 0 Å². The van der Waals surface area contributed by atoms with E-state index >= 15 is 0 Å². The molecule has 0 aromatic heterocycles. The van der Waals surface area contributed by atoms with Crippen LogP contribution < -0.4 is 0 Å². The molecule has 0 heterocycles. The third-order valence-electron chi connectivity index (χ3n) is 0.348. The number of rotatable bonds is 1. The van der Waals surface area contributed by atoms with Gasteiger partial charge in [-0.25, -0.2) is 0 Å². The van der Waals surface area contributed by atoms with Crippen molar-refractivity contribution >= 4 is 5.97 Å². The van der Waals surface area contributed by atoms with Crippen LogP contribution in [0.25, 0.3) is 0 Å². The molecular formula is C31H80O11. The Labute approximate surface area is 261 Å². The molecule has 0 amide bonds. The maximum atomic E-state index is 9.82. The van der Waals surface area contributed by atoms with Crippen LogP contribution >= 0.6 is 0 Å². The predicted molar refractivity (Wildman–Crippen MR) is 179 cm³/mol. The number of esters is 1. The van der Waals surface area contributed by atoms with Gasteiger partial charge in [-0.15, -0.1) is 0 Å². The molecule has 0 saturated carbocycles. The molecule has 11 heteroatoms. The topological polar surface area (TPSA) is 208 Å². The maximum absolute atomic E-state index is 9.82. The van der Waals surface area contributed by atoms with Crippen LogP contribution in [0, 0.1) is 0 Å². The van der Waals surface area contributed by atoms with Crippen LogP contribution in [0.3, 0.4) is 0 Å². The number of ether oxygens (including phenoxy) is 1. The smallest absolute Gasteiger partial charge is 0.302 e. The van der Waals surface area contributed by atoms with Crippen LogP contribution in [0.1, 0.15) is 138 Å². The van der Waals surface area contributed by atoms with E-state index in [9.17, 15) is 4.79 Å². The minimum atomic E-state index is -0.211. The first kappa shape index (κ1) is 68.3. The summed E-state index contributed by atoms with van der Waals surface area (Å²) in [5.74, 6) is -0.211. The molecule has 9 N–H and O–H groups in total. The van der Waals surface area contributed by atoms with Gasteiger partial charge < -0.3 is 50.7 Å². The number of hydrogen-bond acceptors (Lipinski definition) is 11. The summed E-state index contributed by atoms with van der Waals surface area (Å²) in [6.07, 6.45) is -1.50. The Morgan fingerprint density at radius 3 is 0.452 bits per heavy atom.